The van der Waals surface area contributed by atoms with E-state index in [1.807, 2.05) is 30.1 Å². The number of carbonyl (C=O) groups excluding carboxylic acids is 1. The fourth-order valence-corrected chi connectivity index (χ4v) is 2.20. The van der Waals surface area contributed by atoms with Crippen molar-refractivity contribution in [2.45, 2.75) is 12.8 Å². The summed E-state index contributed by atoms with van der Waals surface area (Å²) >= 11 is 0. The smallest absolute Gasteiger partial charge is 0.227 e. The van der Waals surface area contributed by atoms with Crippen LogP contribution in [0.15, 0.2) is 36.4 Å². The first-order chi connectivity index (χ1) is 8.22. The molecule has 1 aliphatic rings. The van der Waals surface area contributed by atoms with Gasteiger partial charge >= 0.3 is 0 Å². The van der Waals surface area contributed by atoms with Crippen molar-refractivity contribution in [3.8, 4) is 0 Å². The Morgan fingerprint density at radius 2 is 2.18 bits per heavy atom. The number of carbonyl (C=O) groups is 1. The predicted octanol–water partition coefficient (Wildman–Crippen LogP) is 1.74. The van der Waals surface area contributed by atoms with Crippen LogP contribution in [-0.2, 0) is 11.2 Å². The molecular formula is C14H18N2O. The Bertz CT molecular complexity index is 440. The van der Waals surface area contributed by atoms with Crippen molar-refractivity contribution in [3.05, 3.63) is 42.0 Å². The summed E-state index contributed by atoms with van der Waals surface area (Å²) in [5.41, 5.74) is 3.32. The third-order valence-electron chi connectivity index (χ3n) is 3.00. The van der Waals surface area contributed by atoms with Crippen molar-refractivity contribution in [3.63, 3.8) is 0 Å². The second-order valence-electron chi connectivity index (χ2n) is 4.39. The molecule has 0 spiro atoms. The Morgan fingerprint density at radius 1 is 1.41 bits per heavy atom. The van der Waals surface area contributed by atoms with Crippen LogP contribution in [0.5, 0.6) is 0 Å². The minimum atomic E-state index is 0.195. The summed E-state index contributed by atoms with van der Waals surface area (Å²) in [4.78, 5) is 13.8. The second kappa shape index (κ2) is 5.15. The summed E-state index contributed by atoms with van der Waals surface area (Å²) in [6.07, 6.45) is 1.45. The Morgan fingerprint density at radius 3 is 2.94 bits per heavy atom. The topological polar surface area (TPSA) is 32.3 Å². The molecule has 1 aliphatic heterocycles. The van der Waals surface area contributed by atoms with Gasteiger partial charge in [0.1, 0.15) is 0 Å². The molecule has 1 amide bonds. The standard InChI is InChI=1S/C14H18N2O/c1-11(9-15-2)10-16-13-6-4-3-5-12(13)7-8-14(16)17/h3-6,15H,1,7-10H2,2H3. The largest absolute Gasteiger partial charge is 0.316 e. The number of hydrogen-bond acceptors (Lipinski definition) is 2. The maximum Gasteiger partial charge on any atom is 0.227 e. The van der Waals surface area contributed by atoms with Crippen LogP contribution in [0, 0.1) is 0 Å². The van der Waals surface area contributed by atoms with E-state index in [0.717, 1.165) is 24.2 Å². The maximum atomic E-state index is 12.0. The quantitative estimate of drug-likeness (QED) is 0.799. The predicted molar refractivity (Wildman–Crippen MR) is 70.2 cm³/mol. The van der Waals surface area contributed by atoms with Crippen LogP contribution >= 0.6 is 0 Å². The molecule has 17 heavy (non-hydrogen) atoms. The highest BCUT2D eigenvalue weighted by Gasteiger charge is 2.23. The third-order valence-corrected chi connectivity index (χ3v) is 3.00. The molecule has 0 atom stereocenters. The molecule has 2 rings (SSSR count). The molecule has 0 saturated heterocycles. The molecule has 0 radical (unpaired) electrons. The van der Waals surface area contributed by atoms with Crippen LogP contribution < -0.4 is 10.2 Å². The third kappa shape index (κ3) is 2.56. The van der Waals surface area contributed by atoms with Gasteiger partial charge in [0.2, 0.25) is 5.91 Å². The summed E-state index contributed by atoms with van der Waals surface area (Å²) in [6.45, 7) is 5.34. The molecule has 0 aromatic heterocycles. The van der Waals surface area contributed by atoms with Gasteiger partial charge in [-0.15, -0.1) is 0 Å². The van der Waals surface area contributed by atoms with Crippen molar-refractivity contribution in [2.75, 3.05) is 25.0 Å². The minimum Gasteiger partial charge on any atom is -0.316 e. The van der Waals surface area contributed by atoms with Crippen LogP contribution in [0.2, 0.25) is 0 Å². The number of para-hydroxylation sites is 1. The van der Waals surface area contributed by atoms with E-state index in [-0.39, 0.29) is 5.91 Å². The molecular weight excluding hydrogens is 212 g/mol. The van der Waals surface area contributed by atoms with Gasteiger partial charge in [-0.1, -0.05) is 24.8 Å². The Hall–Kier alpha value is -1.61. The van der Waals surface area contributed by atoms with Gasteiger partial charge in [-0.25, -0.2) is 0 Å². The summed E-state index contributed by atoms with van der Waals surface area (Å²) in [5, 5.41) is 3.06. The molecule has 1 aromatic rings. The maximum absolute atomic E-state index is 12.0. The zero-order chi connectivity index (χ0) is 12.3. The average Bonchev–Trinajstić information content (AvgIpc) is 2.33. The summed E-state index contributed by atoms with van der Waals surface area (Å²) < 4.78 is 0. The SMILES string of the molecule is C=C(CNC)CN1C(=O)CCc2ccccc21. The monoisotopic (exact) mass is 230 g/mol. The average molecular weight is 230 g/mol. The lowest BCUT2D eigenvalue weighted by molar-refractivity contribution is -0.118. The summed E-state index contributed by atoms with van der Waals surface area (Å²) in [7, 11) is 1.89. The zero-order valence-electron chi connectivity index (χ0n) is 10.2. The molecule has 1 heterocycles. The highest BCUT2D eigenvalue weighted by atomic mass is 16.2. The number of nitrogens with zero attached hydrogens (tertiary/aromatic N) is 1. The van der Waals surface area contributed by atoms with Gasteiger partial charge in [0, 0.05) is 25.2 Å². The number of benzene rings is 1. The van der Waals surface area contributed by atoms with Crippen LogP contribution in [0.25, 0.3) is 0 Å². The van der Waals surface area contributed by atoms with Crippen LogP contribution in [-0.4, -0.2) is 26.0 Å². The highest BCUT2D eigenvalue weighted by Crippen LogP contribution is 2.27. The number of rotatable bonds is 4. The minimum absolute atomic E-state index is 0.195. The fourth-order valence-electron chi connectivity index (χ4n) is 2.20. The van der Waals surface area contributed by atoms with Crippen molar-refractivity contribution in [1.82, 2.24) is 5.32 Å². The van der Waals surface area contributed by atoms with Crippen molar-refractivity contribution in [1.29, 1.82) is 0 Å². The summed E-state index contributed by atoms with van der Waals surface area (Å²) in [6, 6.07) is 8.11. The Kier molecular flexibility index (Phi) is 3.59. The van der Waals surface area contributed by atoms with Crippen molar-refractivity contribution < 1.29 is 4.79 Å². The molecule has 1 aromatic carbocycles. The first kappa shape index (κ1) is 11.9. The van der Waals surface area contributed by atoms with Gasteiger partial charge in [-0.2, -0.15) is 0 Å². The Labute approximate surface area is 102 Å². The number of likely N-dealkylation sites (N-methyl/N-ethyl adjacent to an activating group) is 1. The number of nitrogens with one attached hydrogen (secondary N) is 1. The number of amides is 1. The molecule has 3 heteroatoms. The van der Waals surface area contributed by atoms with Crippen LogP contribution in [0.3, 0.4) is 0 Å². The van der Waals surface area contributed by atoms with E-state index in [9.17, 15) is 4.79 Å². The zero-order valence-corrected chi connectivity index (χ0v) is 10.2. The molecule has 3 nitrogen and oxygen atoms in total. The number of aryl methyl sites for hydroxylation is 1. The van der Waals surface area contributed by atoms with E-state index in [0.29, 0.717) is 13.0 Å². The molecule has 0 fully saturated rings. The van der Waals surface area contributed by atoms with Gasteiger partial charge < -0.3 is 10.2 Å². The number of anilines is 1. The van der Waals surface area contributed by atoms with Gasteiger partial charge in [0.25, 0.3) is 0 Å². The van der Waals surface area contributed by atoms with Gasteiger partial charge in [-0.05, 0) is 30.7 Å². The summed E-state index contributed by atoms with van der Waals surface area (Å²) in [5.74, 6) is 0.195. The fraction of sp³-hybridized carbons (Fsp3) is 0.357. The lowest BCUT2D eigenvalue weighted by Gasteiger charge is -2.30. The second-order valence-corrected chi connectivity index (χ2v) is 4.39. The van der Waals surface area contributed by atoms with Gasteiger partial charge in [0.05, 0.1) is 0 Å². The highest BCUT2D eigenvalue weighted by molar-refractivity contribution is 5.96. The van der Waals surface area contributed by atoms with Crippen LogP contribution in [0.1, 0.15) is 12.0 Å². The van der Waals surface area contributed by atoms with E-state index in [4.69, 9.17) is 0 Å². The molecule has 1 N–H and O–H groups in total. The first-order valence-corrected chi connectivity index (χ1v) is 5.92. The van der Waals surface area contributed by atoms with E-state index in [1.54, 1.807) is 0 Å². The van der Waals surface area contributed by atoms with Gasteiger partial charge in [-0.3, -0.25) is 4.79 Å². The molecule has 90 valence electrons. The lowest BCUT2D eigenvalue weighted by atomic mass is 10.0. The lowest BCUT2D eigenvalue weighted by Crippen LogP contribution is -2.37. The van der Waals surface area contributed by atoms with Gasteiger partial charge in [0.15, 0.2) is 0 Å². The van der Waals surface area contributed by atoms with E-state index in [2.05, 4.69) is 18.0 Å². The normalized spacial score (nSPS) is 14.6. The van der Waals surface area contributed by atoms with Crippen molar-refractivity contribution in [2.24, 2.45) is 0 Å². The first-order valence-electron chi connectivity index (χ1n) is 5.92. The number of hydrogen-bond donors (Lipinski definition) is 1. The van der Waals surface area contributed by atoms with E-state index < -0.39 is 0 Å². The van der Waals surface area contributed by atoms with Crippen LogP contribution in [0.4, 0.5) is 5.69 Å². The number of fused-ring (bicyclic) bond motifs is 1. The van der Waals surface area contributed by atoms with Crippen molar-refractivity contribution >= 4 is 11.6 Å². The molecule has 0 unspecified atom stereocenters. The Balaban J connectivity index is 2.21. The molecule has 0 saturated carbocycles. The molecule has 0 aliphatic carbocycles. The molecule has 0 bridgehead atoms. The van der Waals surface area contributed by atoms with E-state index >= 15 is 0 Å². The van der Waals surface area contributed by atoms with E-state index in [1.165, 1.54) is 5.56 Å².